The SMILES string of the molecule is CCC(C)CC(C)NC(=O)c1cc(S(=O)(=O)Cl)c[nH]1. The highest BCUT2D eigenvalue weighted by Crippen LogP contribution is 2.16. The van der Waals surface area contributed by atoms with Crippen molar-refractivity contribution < 1.29 is 13.2 Å². The van der Waals surface area contributed by atoms with Gasteiger partial charge in [-0.25, -0.2) is 8.42 Å². The van der Waals surface area contributed by atoms with E-state index in [2.05, 4.69) is 24.1 Å². The standard InChI is InChI=1S/C12H19ClN2O3S/c1-4-8(2)5-9(3)15-12(16)11-6-10(7-14-11)19(13,17)18/h6-9,14H,4-5H2,1-3H3,(H,15,16). The smallest absolute Gasteiger partial charge is 0.267 e. The predicted molar refractivity (Wildman–Crippen MR) is 74.8 cm³/mol. The number of rotatable bonds is 6. The molecule has 0 aliphatic rings. The quantitative estimate of drug-likeness (QED) is 0.793. The summed E-state index contributed by atoms with van der Waals surface area (Å²) in [6.45, 7) is 6.14. The molecule has 0 saturated carbocycles. The molecule has 0 aromatic carbocycles. The Bertz CT molecular complexity index is 539. The summed E-state index contributed by atoms with van der Waals surface area (Å²) in [5.41, 5.74) is 0.190. The summed E-state index contributed by atoms with van der Waals surface area (Å²) < 4.78 is 22.2. The topological polar surface area (TPSA) is 79.0 Å². The van der Waals surface area contributed by atoms with Gasteiger partial charge in [0.1, 0.15) is 10.6 Å². The van der Waals surface area contributed by atoms with Crippen molar-refractivity contribution in [3.8, 4) is 0 Å². The molecule has 1 amide bonds. The Labute approximate surface area is 118 Å². The highest BCUT2D eigenvalue weighted by atomic mass is 35.7. The van der Waals surface area contributed by atoms with E-state index in [0.717, 1.165) is 12.8 Å². The molecule has 19 heavy (non-hydrogen) atoms. The van der Waals surface area contributed by atoms with Gasteiger partial charge in [0, 0.05) is 22.9 Å². The highest BCUT2D eigenvalue weighted by Gasteiger charge is 2.17. The minimum absolute atomic E-state index is 0.0295. The van der Waals surface area contributed by atoms with Crippen molar-refractivity contribution in [3.63, 3.8) is 0 Å². The third-order valence-electron chi connectivity index (χ3n) is 3.01. The molecule has 0 bridgehead atoms. The van der Waals surface area contributed by atoms with E-state index < -0.39 is 9.05 Å². The molecule has 0 spiro atoms. The average molecular weight is 307 g/mol. The van der Waals surface area contributed by atoms with Gasteiger partial charge in [0.2, 0.25) is 0 Å². The van der Waals surface area contributed by atoms with Crippen molar-refractivity contribution in [2.45, 2.75) is 44.6 Å². The van der Waals surface area contributed by atoms with Crippen LogP contribution in [0.3, 0.4) is 0 Å². The highest BCUT2D eigenvalue weighted by molar-refractivity contribution is 8.13. The normalized spacial score (nSPS) is 14.9. The van der Waals surface area contributed by atoms with E-state index in [1.54, 1.807) is 0 Å². The maximum Gasteiger partial charge on any atom is 0.267 e. The van der Waals surface area contributed by atoms with Gasteiger partial charge < -0.3 is 10.3 Å². The summed E-state index contributed by atoms with van der Waals surface area (Å²) in [6.07, 6.45) is 3.14. The van der Waals surface area contributed by atoms with Crippen LogP contribution >= 0.6 is 10.7 Å². The molecule has 0 aliphatic carbocycles. The Morgan fingerprint density at radius 1 is 1.47 bits per heavy atom. The molecule has 0 fully saturated rings. The van der Waals surface area contributed by atoms with Gasteiger partial charge in [-0.1, -0.05) is 20.3 Å². The van der Waals surface area contributed by atoms with Crippen molar-refractivity contribution in [1.82, 2.24) is 10.3 Å². The van der Waals surface area contributed by atoms with Crippen molar-refractivity contribution >= 4 is 25.6 Å². The Morgan fingerprint density at radius 3 is 2.58 bits per heavy atom. The van der Waals surface area contributed by atoms with Crippen molar-refractivity contribution in [1.29, 1.82) is 0 Å². The van der Waals surface area contributed by atoms with Gasteiger partial charge in [-0.05, 0) is 25.3 Å². The van der Waals surface area contributed by atoms with Crippen LogP contribution in [0, 0.1) is 5.92 Å². The van der Waals surface area contributed by atoms with Crippen LogP contribution < -0.4 is 5.32 Å². The van der Waals surface area contributed by atoms with Crippen LogP contribution in [0.5, 0.6) is 0 Å². The summed E-state index contributed by atoms with van der Waals surface area (Å²) in [5, 5.41) is 2.82. The first-order chi connectivity index (χ1) is 8.74. The van der Waals surface area contributed by atoms with Gasteiger partial charge in [0.25, 0.3) is 15.0 Å². The summed E-state index contributed by atoms with van der Waals surface area (Å²) >= 11 is 0. The van der Waals surface area contributed by atoms with Gasteiger partial charge in [-0.2, -0.15) is 0 Å². The fourth-order valence-electron chi connectivity index (χ4n) is 1.78. The number of halogens is 1. The number of hydrogen-bond acceptors (Lipinski definition) is 3. The summed E-state index contributed by atoms with van der Waals surface area (Å²) in [5.74, 6) is 0.195. The summed E-state index contributed by atoms with van der Waals surface area (Å²) in [6, 6.07) is 1.26. The van der Waals surface area contributed by atoms with E-state index in [9.17, 15) is 13.2 Å². The Kier molecular flexibility index (Phi) is 5.43. The lowest BCUT2D eigenvalue weighted by Crippen LogP contribution is -2.33. The van der Waals surface area contributed by atoms with Crippen LogP contribution in [-0.4, -0.2) is 25.4 Å². The molecule has 2 atom stereocenters. The van der Waals surface area contributed by atoms with E-state index in [-0.39, 0.29) is 22.5 Å². The third-order valence-corrected chi connectivity index (χ3v) is 4.35. The molecular weight excluding hydrogens is 288 g/mol. The summed E-state index contributed by atoms with van der Waals surface area (Å²) in [4.78, 5) is 14.4. The number of H-pyrrole nitrogens is 1. The lowest BCUT2D eigenvalue weighted by molar-refractivity contribution is 0.0931. The zero-order valence-corrected chi connectivity index (χ0v) is 12.8. The fourth-order valence-corrected chi connectivity index (χ4v) is 2.50. The second-order valence-corrected chi connectivity index (χ2v) is 7.38. The molecule has 0 saturated heterocycles. The maximum absolute atomic E-state index is 11.9. The van der Waals surface area contributed by atoms with E-state index >= 15 is 0 Å². The van der Waals surface area contributed by atoms with Crippen LogP contribution in [0.2, 0.25) is 0 Å². The van der Waals surface area contributed by atoms with E-state index in [1.165, 1.54) is 12.3 Å². The van der Waals surface area contributed by atoms with Crippen LogP contribution in [-0.2, 0) is 9.05 Å². The molecule has 1 aromatic rings. The largest absolute Gasteiger partial charge is 0.356 e. The molecule has 1 aromatic heterocycles. The number of carbonyl (C=O) groups excluding carboxylic acids is 1. The molecule has 1 rings (SSSR count). The molecule has 7 heteroatoms. The van der Waals surface area contributed by atoms with Crippen LogP contribution in [0.25, 0.3) is 0 Å². The molecule has 2 unspecified atom stereocenters. The zero-order valence-electron chi connectivity index (χ0n) is 11.2. The van der Waals surface area contributed by atoms with Crippen molar-refractivity contribution in [2.24, 2.45) is 5.92 Å². The minimum atomic E-state index is -3.81. The molecule has 0 aliphatic heterocycles. The molecular formula is C12H19ClN2O3S. The second-order valence-electron chi connectivity index (χ2n) is 4.81. The van der Waals surface area contributed by atoms with Gasteiger partial charge in [0.15, 0.2) is 0 Å². The monoisotopic (exact) mass is 306 g/mol. The Balaban J connectivity index is 2.66. The van der Waals surface area contributed by atoms with Gasteiger partial charge in [-0.15, -0.1) is 0 Å². The molecule has 2 N–H and O–H groups in total. The average Bonchev–Trinajstić information content (AvgIpc) is 2.77. The fraction of sp³-hybridized carbons (Fsp3) is 0.583. The number of amides is 1. The number of aromatic amines is 1. The third kappa shape index (κ3) is 4.87. The Morgan fingerprint density at radius 2 is 2.11 bits per heavy atom. The lowest BCUT2D eigenvalue weighted by atomic mass is 10.0. The first-order valence-corrected chi connectivity index (χ1v) is 8.49. The second kappa shape index (κ2) is 6.43. The van der Waals surface area contributed by atoms with Crippen LogP contribution in [0.4, 0.5) is 0 Å². The summed E-state index contributed by atoms with van der Waals surface area (Å²) in [7, 11) is 1.38. The molecule has 5 nitrogen and oxygen atoms in total. The van der Waals surface area contributed by atoms with Crippen LogP contribution in [0.1, 0.15) is 44.1 Å². The maximum atomic E-state index is 11.9. The lowest BCUT2D eigenvalue weighted by Gasteiger charge is -2.16. The predicted octanol–water partition coefficient (Wildman–Crippen LogP) is 2.50. The Hall–Kier alpha value is -1.01. The first-order valence-electron chi connectivity index (χ1n) is 6.18. The van der Waals surface area contributed by atoms with Gasteiger partial charge >= 0.3 is 0 Å². The number of aromatic nitrogens is 1. The first kappa shape index (κ1) is 16.0. The van der Waals surface area contributed by atoms with E-state index in [1.807, 2.05) is 6.92 Å². The molecule has 0 radical (unpaired) electrons. The number of carbonyl (C=O) groups is 1. The van der Waals surface area contributed by atoms with Crippen molar-refractivity contribution in [3.05, 3.63) is 18.0 Å². The minimum Gasteiger partial charge on any atom is -0.356 e. The van der Waals surface area contributed by atoms with Gasteiger partial charge in [-0.3, -0.25) is 4.79 Å². The van der Waals surface area contributed by atoms with Gasteiger partial charge in [0.05, 0.1) is 0 Å². The number of nitrogens with one attached hydrogen (secondary N) is 2. The van der Waals surface area contributed by atoms with E-state index in [4.69, 9.17) is 10.7 Å². The van der Waals surface area contributed by atoms with E-state index in [0.29, 0.717) is 5.92 Å². The van der Waals surface area contributed by atoms with Crippen LogP contribution in [0.15, 0.2) is 17.2 Å². The number of hydrogen-bond donors (Lipinski definition) is 2. The van der Waals surface area contributed by atoms with Crippen molar-refractivity contribution in [2.75, 3.05) is 0 Å². The molecule has 1 heterocycles. The zero-order chi connectivity index (χ0) is 14.6. The molecule has 108 valence electrons.